The molecule has 4 rings (SSSR count). The summed E-state index contributed by atoms with van der Waals surface area (Å²) in [6.07, 6.45) is -3.63. The van der Waals surface area contributed by atoms with Crippen molar-refractivity contribution in [1.82, 2.24) is 19.9 Å². The highest BCUT2D eigenvalue weighted by Gasteiger charge is 2.31. The van der Waals surface area contributed by atoms with Crippen LogP contribution in [0.2, 0.25) is 0 Å². The highest BCUT2D eigenvalue weighted by molar-refractivity contribution is 5.95. The van der Waals surface area contributed by atoms with Crippen molar-refractivity contribution in [3.8, 4) is 17.0 Å². The van der Waals surface area contributed by atoms with Gasteiger partial charge in [0.1, 0.15) is 11.6 Å². The SMILES string of the molecule is CC(=O)Nc1cn2nc(-c3cc(F)c(F)c(C(=O)NCc4cc(OC(F)(F)F)ccc4F)c3)ccc2n1. The molecule has 4 aromatic rings. The molecular weight excluding hydrogens is 508 g/mol. The fourth-order valence-corrected chi connectivity index (χ4v) is 3.33. The van der Waals surface area contributed by atoms with Gasteiger partial charge in [0.2, 0.25) is 5.91 Å². The third kappa shape index (κ3) is 5.97. The average molecular weight is 523 g/mol. The maximum Gasteiger partial charge on any atom is 0.573 e. The Morgan fingerprint density at radius 2 is 1.78 bits per heavy atom. The molecule has 2 aromatic carbocycles. The second kappa shape index (κ2) is 9.79. The first-order valence-corrected chi connectivity index (χ1v) is 10.4. The van der Waals surface area contributed by atoms with Crippen LogP contribution in [0, 0.1) is 17.5 Å². The third-order valence-electron chi connectivity index (χ3n) is 4.88. The summed E-state index contributed by atoms with van der Waals surface area (Å²) >= 11 is 0. The Labute approximate surface area is 203 Å². The second-order valence-corrected chi connectivity index (χ2v) is 7.63. The Morgan fingerprint density at radius 3 is 2.49 bits per heavy atom. The van der Waals surface area contributed by atoms with E-state index in [-0.39, 0.29) is 28.5 Å². The first kappa shape index (κ1) is 25.5. The number of fused-ring (bicyclic) bond motifs is 1. The van der Waals surface area contributed by atoms with Crippen molar-refractivity contribution in [2.45, 2.75) is 19.8 Å². The van der Waals surface area contributed by atoms with Crippen LogP contribution < -0.4 is 15.4 Å². The molecule has 14 heteroatoms. The van der Waals surface area contributed by atoms with E-state index in [2.05, 4.69) is 25.5 Å². The molecule has 0 bridgehead atoms. The molecule has 2 heterocycles. The highest BCUT2D eigenvalue weighted by Crippen LogP contribution is 2.26. The summed E-state index contributed by atoms with van der Waals surface area (Å²) in [5.74, 6) is -5.85. The van der Waals surface area contributed by atoms with Crippen molar-refractivity contribution < 1.29 is 40.7 Å². The van der Waals surface area contributed by atoms with Gasteiger partial charge in [0, 0.05) is 24.6 Å². The largest absolute Gasteiger partial charge is 0.573 e. The molecule has 0 fully saturated rings. The lowest BCUT2D eigenvalue weighted by Gasteiger charge is -2.12. The van der Waals surface area contributed by atoms with Gasteiger partial charge in [0.15, 0.2) is 23.1 Å². The van der Waals surface area contributed by atoms with Gasteiger partial charge in [-0.25, -0.2) is 22.7 Å². The minimum Gasteiger partial charge on any atom is -0.406 e. The van der Waals surface area contributed by atoms with E-state index < -0.39 is 47.6 Å². The van der Waals surface area contributed by atoms with Crippen molar-refractivity contribution in [3.05, 3.63) is 77.2 Å². The van der Waals surface area contributed by atoms with Crippen LogP contribution in [0.1, 0.15) is 22.8 Å². The molecule has 0 saturated carbocycles. The number of hydrogen-bond acceptors (Lipinski definition) is 5. The summed E-state index contributed by atoms with van der Waals surface area (Å²) < 4.78 is 85.1. The fourth-order valence-electron chi connectivity index (χ4n) is 3.33. The highest BCUT2D eigenvalue weighted by atomic mass is 19.4. The number of aromatic nitrogens is 3. The molecule has 2 amide bonds. The lowest BCUT2D eigenvalue weighted by atomic mass is 10.1. The van der Waals surface area contributed by atoms with Crippen molar-refractivity contribution in [2.24, 2.45) is 0 Å². The van der Waals surface area contributed by atoms with E-state index in [9.17, 15) is 35.9 Å². The van der Waals surface area contributed by atoms with Gasteiger partial charge in [-0.05, 0) is 42.5 Å². The zero-order valence-corrected chi connectivity index (χ0v) is 18.7. The van der Waals surface area contributed by atoms with Crippen LogP contribution in [-0.2, 0) is 11.3 Å². The molecule has 0 spiro atoms. The van der Waals surface area contributed by atoms with Gasteiger partial charge in [0.05, 0.1) is 17.5 Å². The van der Waals surface area contributed by atoms with Crippen LogP contribution in [0.4, 0.5) is 32.2 Å². The number of hydrogen-bond donors (Lipinski definition) is 2. The van der Waals surface area contributed by atoms with E-state index in [0.29, 0.717) is 11.7 Å². The van der Waals surface area contributed by atoms with E-state index in [4.69, 9.17) is 0 Å². The maximum absolute atomic E-state index is 14.4. The number of anilines is 1. The summed E-state index contributed by atoms with van der Waals surface area (Å²) in [7, 11) is 0. The number of ether oxygens (including phenoxy) is 1. The number of carbonyl (C=O) groups is 2. The van der Waals surface area contributed by atoms with Gasteiger partial charge in [-0.1, -0.05) is 0 Å². The first-order valence-electron chi connectivity index (χ1n) is 10.4. The predicted molar refractivity (Wildman–Crippen MR) is 117 cm³/mol. The molecule has 37 heavy (non-hydrogen) atoms. The Balaban J connectivity index is 1.58. The zero-order chi connectivity index (χ0) is 26.9. The third-order valence-corrected chi connectivity index (χ3v) is 4.88. The molecule has 0 aliphatic rings. The lowest BCUT2D eigenvalue weighted by molar-refractivity contribution is -0.274. The van der Waals surface area contributed by atoms with Crippen LogP contribution in [-0.4, -0.2) is 32.8 Å². The van der Waals surface area contributed by atoms with Crippen LogP contribution in [0.5, 0.6) is 5.75 Å². The molecule has 0 radical (unpaired) electrons. The van der Waals surface area contributed by atoms with Crippen LogP contribution in [0.15, 0.2) is 48.7 Å². The summed E-state index contributed by atoms with van der Waals surface area (Å²) in [5, 5.41) is 8.84. The number of carbonyl (C=O) groups excluding carboxylic acids is 2. The normalized spacial score (nSPS) is 11.4. The van der Waals surface area contributed by atoms with Gasteiger partial charge in [-0.15, -0.1) is 13.2 Å². The lowest BCUT2D eigenvalue weighted by Crippen LogP contribution is -2.25. The van der Waals surface area contributed by atoms with E-state index in [0.717, 1.165) is 24.3 Å². The molecule has 0 aliphatic heterocycles. The minimum absolute atomic E-state index is 0.00693. The van der Waals surface area contributed by atoms with E-state index in [1.807, 2.05) is 0 Å². The van der Waals surface area contributed by atoms with Crippen LogP contribution in [0.25, 0.3) is 16.9 Å². The Bertz CT molecular complexity index is 1520. The predicted octanol–water partition coefficient (Wildman–Crippen LogP) is 4.60. The molecule has 2 aromatic heterocycles. The topological polar surface area (TPSA) is 97.6 Å². The van der Waals surface area contributed by atoms with Gasteiger partial charge in [-0.2, -0.15) is 5.10 Å². The van der Waals surface area contributed by atoms with Crippen LogP contribution >= 0.6 is 0 Å². The molecule has 0 saturated heterocycles. The van der Waals surface area contributed by atoms with Gasteiger partial charge in [-0.3, -0.25) is 9.59 Å². The first-order chi connectivity index (χ1) is 17.4. The standard InChI is InChI=1S/C23H15F6N5O3/c1-11(35)31-19-10-34-20(32-19)5-4-18(33-34)12-7-15(21(26)17(25)8-12)22(36)30-9-13-6-14(2-3-16(13)24)37-23(27,28)29/h2-8,10H,9H2,1H3,(H,30,36)(H,31,35). The quantitative estimate of drug-likeness (QED) is 0.360. The summed E-state index contributed by atoms with van der Waals surface area (Å²) in [5.41, 5.74) is -0.659. The van der Waals surface area contributed by atoms with Gasteiger partial charge < -0.3 is 15.4 Å². The zero-order valence-electron chi connectivity index (χ0n) is 18.7. The number of nitrogens with one attached hydrogen (secondary N) is 2. The van der Waals surface area contributed by atoms with Crippen LogP contribution in [0.3, 0.4) is 0 Å². The summed E-state index contributed by atoms with van der Waals surface area (Å²) in [6, 6.07) is 6.91. The van der Waals surface area contributed by atoms with Gasteiger partial charge in [0.25, 0.3) is 5.91 Å². The number of halogens is 6. The number of nitrogens with zero attached hydrogens (tertiary/aromatic N) is 3. The summed E-state index contributed by atoms with van der Waals surface area (Å²) in [6.45, 7) is 0.647. The Kier molecular flexibility index (Phi) is 6.74. The van der Waals surface area contributed by atoms with E-state index >= 15 is 0 Å². The number of amides is 2. The van der Waals surface area contributed by atoms with Gasteiger partial charge >= 0.3 is 6.36 Å². The Morgan fingerprint density at radius 1 is 1.03 bits per heavy atom. The minimum atomic E-state index is -5.02. The number of rotatable bonds is 6. The molecular formula is C23H15F6N5O3. The smallest absolute Gasteiger partial charge is 0.406 e. The molecule has 0 aliphatic carbocycles. The molecule has 192 valence electrons. The van der Waals surface area contributed by atoms with Crippen molar-refractivity contribution in [2.75, 3.05) is 5.32 Å². The Hall–Kier alpha value is -4.62. The molecule has 0 unspecified atom stereocenters. The second-order valence-electron chi connectivity index (χ2n) is 7.63. The molecule has 0 atom stereocenters. The number of benzene rings is 2. The fraction of sp³-hybridized carbons (Fsp3) is 0.130. The van der Waals surface area contributed by atoms with Crippen molar-refractivity contribution in [3.63, 3.8) is 0 Å². The maximum atomic E-state index is 14.4. The molecule has 2 N–H and O–H groups in total. The average Bonchev–Trinajstić information content (AvgIpc) is 3.20. The van der Waals surface area contributed by atoms with Crippen molar-refractivity contribution >= 4 is 23.3 Å². The van der Waals surface area contributed by atoms with Crippen molar-refractivity contribution in [1.29, 1.82) is 0 Å². The van der Waals surface area contributed by atoms with E-state index in [1.54, 1.807) is 0 Å². The van der Waals surface area contributed by atoms with E-state index in [1.165, 1.54) is 29.8 Å². The summed E-state index contributed by atoms with van der Waals surface area (Å²) in [4.78, 5) is 27.9. The number of imidazole rings is 1. The monoisotopic (exact) mass is 523 g/mol. The molecule has 8 nitrogen and oxygen atoms in total. The number of alkyl halides is 3.